The van der Waals surface area contributed by atoms with Gasteiger partial charge in [0.2, 0.25) is 0 Å². The van der Waals surface area contributed by atoms with Crippen LogP contribution in [0.4, 0.5) is 0 Å². The summed E-state index contributed by atoms with van der Waals surface area (Å²) in [7, 11) is 1.69. The Morgan fingerprint density at radius 1 is 1.00 bits per heavy atom. The molecule has 0 aliphatic heterocycles. The van der Waals surface area contributed by atoms with Crippen molar-refractivity contribution < 1.29 is 4.74 Å². The molecule has 0 N–H and O–H groups in total. The van der Waals surface area contributed by atoms with Crippen LogP contribution in [0.3, 0.4) is 0 Å². The van der Waals surface area contributed by atoms with E-state index >= 15 is 0 Å². The van der Waals surface area contributed by atoms with Gasteiger partial charge in [0.1, 0.15) is 5.75 Å². The number of hydrogen-bond acceptors (Lipinski definition) is 2. The molecule has 0 amide bonds. The van der Waals surface area contributed by atoms with Crippen LogP contribution < -0.4 is 4.74 Å². The van der Waals surface area contributed by atoms with E-state index in [1.165, 1.54) is 16.7 Å². The summed E-state index contributed by atoms with van der Waals surface area (Å²) in [4.78, 5) is 4.97. The van der Waals surface area contributed by atoms with Crippen LogP contribution in [0.5, 0.6) is 5.75 Å². The first kappa shape index (κ1) is 16.5. The Morgan fingerprint density at radius 2 is 1.79 bits per heavy atom. The summed E-state index contributed by atoms with van der Waals surface area (Å²) in [5, 5.41) is 1.16. The zero-order valence-corrected chi connectivity index (χ0v) is 15.2. The Labute approximate surface area is 144 Å². The molecule has 0 radical (unpaired) electrons. The van der Waals surface area contributed by atoms with Crippen LogP contribution in [0.1, 0.15) is 38.8 Å². The van der Waals surface area contributed by atoms with E-state index in [9.17, 15) is 0 Å². The fourth-order valence-corrected chi connectivity index (χ4v) is 2.97. The van der Waals surface area contributed by atoms with Crippen molar-refractivity contribution >= 4 is 10.9 Å². The van der Waals surface area contributed by atoms with Gasteiger partial charge in [-0.1, -0.05) is 45.9 Å². The minimum Gasteiger partial charge on any atom is -0.497 e. The molecule has 0 bridgehead atoms. The predicted octanol–water partition coefficient (Wildman–Crippen LogP) is 5.77. The fraction of sp³-hybridized carbons (Fsp3) is 0.318. The van der Waals surface area contributed by atoms with Gasteiger partial charge in [0.05, 0.1) is 18.3 Å². The van der Waals surface area contributed by atoms with Gasteiger partial charge in [-0.3, -0.25) is 0 Å². The summed E-state index contributed by atoms with van der Waals surface area (Å²) in [5.74, 6) is 0.841. The van der Waals surface area contributed by atoms with Gasteiger partial charge in [-0.15, -0.1) is 0 Å². The molecule has 3 rings (SSSR count). The van der Waals surface area contributed by atoms with E-state index in [0.29, 0.717) is 0 Å². The smallest absolute Gasteiger partial charge is 0.121 e. The average Bonchev–Trinajstić information content (AvgIpc) is 2.59. The standard InChI is InChI=1S/C22H25NO/c1-6-15-12-16-10-11-19(24-5)14-20(16)23-21(15)17-8-7-9-18(13-17)22(2,3)4/h7-14H,6H2,1-5H3. The van der Waals surface area contributed by atoms with E-state index in [1.807, 2.05) is 12.1 Å². The zero-order valence-electron chi connectivity index (χ0n) is 15.2. The van der Waals surface area contributed by atoms with Crippen molar-refractivity contribution in [3.8, 4) is 17.0 Å². The number of pyridine rings is 1. The molecule has 0 unspecified atom stereocenters. The maximum atomic E-state index is 5.35. The van der Waals surface area contributed by atoms with Crippen molar-refractivity contribution in [2.24, 2.45) is 0 Å². The lowest BCUT2D eigenvalue weighted by Gasteiger charge is -2.20. The van der Waals surface area contributed by atoms with Crippen molar-refractivity contribution in [3.63, 3.8) is 0 Å². The van der Waals surface area contributed by atoms with E-state index in [-0.39, 0.29) is 5.41 Å². The number of aromatic nitrogens is 1. The van der Waals surface area contributed by atoms with Crippen LogP contribution in [0, 0.1) is 0 Å². The SMILES string of the molecule is CCc1cc2ccc(OC)cc2nc1-c1cccc(C(C)(C)C)c1. The van der Waals surface area contributed by atoms with E-state index in [1.54, 1.807) is 7.11 Å². The first-order valence-electron chi connectivity index (χ1n) is 8.51. The highest BCUT2D eigenvalue weighted by atomic mass is 16.5. The van der Waals surface area contributed by atoms with Gasteiger partial charge in [-0.2, -0.15) is 0 Å². The highest BCUT2D eigenvalue weighted by Crippen LogP contribution is 2.31. The van der Waals surface area contributed by atoms with Gasteiger partial charge >= 0.3 is 0 Å². The molecule has 3 aromatic rings. The quantitative estimate of drug-likeness (QED) is 0.611. The molecule has 0 atom stereocenters. The van der Waals surface area contributed by atoms with Gasteiger partial charge in [0.15, 0.2) is 0 Å². The van der Waals surface area contributed by atoms with Crippen molar-refractivity contribution in [3.05, 3.63) is 59.7 Å². The third-order valence-corrected chi connectivity index (χ3v) is 4.49. The summed E-state index contributed by atoms with van der Waals surface area (Å²) < 4.78 is 5.35. The molecule has 0 saturated heterocycles. The van der Waals surface area contributed by atoms with Gasteiger partial charge in [0.25, 0.3) is 0 Å². The molecule has 0 aliphatic carbocycles. The van der Waals surface area contributed by atoms with E-state index in [0.717, 1.165) is 28.8 Å². The molecule has 0 spiro atoms. The van der Waals surface area contributed by atoms with E-state index < -0.39 is 0 Å². The maximum absolute atomic E-state index is 5.35. The first-order chi connectivity index (χ1) is 11.4. The zero-order chi connectivity index (χ0) is 17.3. The largest absolute Gasteiger partial charge is 0.497 e. The second-order valence-corrected chi connectivity index (χ2v) is 7.24. The van der Waals surface area contributed by atoms with Gasteiger partial charge in [-0.25, -0.2) is 4.98 Å². The van der Waals surface area contributed by atoms with E-state index in [4.69, 9.17) is 9.72 Å². The van der Waals surface area contributed by atoms with Gasteiger partial charge in [-0.05, 0) is 47.2 Å². The number of fused-ring (bicyclic) bond motifs is 1. The molecular weight excluding hydrogens is 294 g/mol. The van der Waals surface area contributed by atoms with Crippen LogP contribution in [0.15, 0.2) is 48.5 Å². The van der Waals surface area contributed by atoms with E-state index in [2.05, 4.69) is 64.1 Å². The van der Waals surface area contributed by atoms with Gasteiger partial charge < -0.3 is 4.74 Å². The Balaban J connectivity index is 2.20. The second-order valence-electron chi connectivity index (χ2n) is 7.24. The van der Waals surface area contributed by atoms with Crippen LogP contribution in [0.25, 0.3) is 22.2 Å². The summed E-state index contributed by atoms with van der Waals surface area (Å²) in [6.45, 7) is 8.91. The van der Waals surface area contributed by atoms with Crippen molar-refractivity contribution in [2.45, 2.75) is 39.5 Å². The molecule has 2 aromatic carbocycles. The molecule has 1 heterocycles. The monoisotopic (exact) mass is 319 g/mol. The minimum atomic E-state index is 0.127. The lowest BCUT2D eigenvalue weighted by molar-refractivity contribution is 0.415. The summed E-state index contributed by atoms with van der Waals surface area (Å²) in [6.07, 6.45) is 0.962. The lowest BCUT2D eigenvalue weighted by Crippen LogP contribution is -2.10. The Kier molecular flexibility index (Phi) is 4.31. The average molecular weight is 319 g/mol. The van der Waals surface area contributed by atoms with Crippen LogP contribution in [-0.4, -0.2) is 12.1 Å². The van der Waals surface area contributed by atoms with Crippen molar-refractivity contribution in [1.82, 2.24) is 4.98 Å². The third-order valence-electron chi connectivity index (χ3n) is 4.49. The molecule has 24 heavy (non-hydrogen) atoms. The predicted molar refractivity (Wildman–Crippen MR) is 102 cm³/mol. The number of hydrogen-bond donors (Lipinski definition) is 0. The minimum absolute atomic E-state index is 0.127. The summed E-state index contributed by atoms with van der Waals surface area (Å²) >= 11 is 0. The highest BCUT2D eigenvalue weighted by molar-refractivity contribution is 5.84. The molecule has 0 fully saturated rings. The molecule has 1 aromatic heterocycles. The number of aryl methyl sites for hydroxylation is 1. The fourth-order valence-electron chi connectivity index (χ4n) is 2.97. The molecule has 124 valence electrons. The van der Waals surface area contributed by atoms with Crippen LogP contribution in [0.2, 0.25) is 0 Å². The second kappa shape index (κ2) is 6.27. The number of rotatable bonds is 3. The van der Waals surface area contributed by atoms with Crippen molar-refractivity contribution in [2.75, 3.05) is 7.11 Å². The number of benzene rings is 2. The van der Waals surface area contributed by atoms with Crippen LogP contribution in [-0.2, 0) is 11.8 Å². The normalized spacial score (nSPS) is 11.7. The Bertz CT molecular complexity index is 875. The van der Waals surface area contributed by atoms with Gasteiger partial charge in [0, 0.05) is 17.0 Å². The Hall–Kier alpha value is -2.35. The third kappa shape index (κ3) is 3.14. The summed E-state index contributed by atoms with van der Waals surface area (Å²) in [6, 6.07) is 17.1. The molecule has 0 aliphatic rings. The molecule has 0 saturated carbocycles. The lowest BCUT2D eigenvalue weighted by atomic mass is 9.85. The molecular formula is C22H25NO. The first-order valence-corrected chi connectivity index (χ1v) is 8.51. The Morgan fingerprint density at radius 3 is 2.46 bits per heavy atom. The maximum Gasteiger partial charge on any atom is 0.121 e. The number of methoxy groups -OCH3 is 1. The van der Waals surface area contributed by atoms with Crippen LogP contribution >= 0.6 is 0 Å². The molecule has 2 nitrogen and oxygen atoms in total. The number of nitrogens with zero attached hydrogens (tertiary/aromatic N) is 1. The highest BCUT2D eigenvalue weighted by Gasteiger charge is 2.16. The topological polar surface area (TPSA) is 22.1 Å². The summed E-state index contributed by atoms with van der Waals surface area (Å²) in [5.41, 5.74) is 5.96. The molecule has 2 heteroatoms. The number of ether oxygens (including phenoxy) is 1. The van der Waals surface area contributed by atoms with Crippen molar-refractivity contribution in [1.29, 1.82) is 0 Å².